The van der Waals surface area contributed by atoms with Gasteiger partial charge in [-0.2, -0.15) is 15.0 Å². The molecule has 0 fully saturated rings. The average Bonchev–Trinajstić information content (AvgIpc) is 2.72. The van der Waals surface area contributed by atoms with Gasteiger partial charge in [-0.15, -0.1) is 0 Å². The summed E-state index contributed by atoms with van der Waals surface area (Å²) in [5.41, 5.74) is 5.89. The van der Waals surface area contributed by atoms with Crippen molar-refractivity contribution in [1.82, 2.24) is 15.0 Å². The van der Waals surface area contributed by atoms with E-state index in [1.54, 1.807) is 6.92 Å². The molecule has 8 nitrogen and oxygen atoms in total. The Morgan fingerprint density at radius 1 is 1.41 bits per heavy atom. The number of nitrogens with zero attached hydrogens (tertiary/aromatic N) is 4. The van der Waals surface area contributed by atoms with Gasteiger partial charge in [-0.25, -0.2) is 0 Å². The molecule has 0 bridgehead atoms. The lowest BCUT2D eigenvalue weighted by Gasteiger charge is -2.16. The van der Waals surface area contributed by atoms with E-state index in [9.17, 15) is 10.1 Å². The third-order valence-electron chi connectivity index (χ3n) is 2.82. The molecular formula is C11H12Cl2N6O2S. The Hall–Kier alpha value is -1.71. The van der Waals surface area contributed by atoms with E-state index in [1.165, 1.54) is 0 Å². The molecule has 0 radical (unpaired) electrons. The number of aromatic nitrogens is 3. The minimum absolute atomic E-state index is 0.0637. The summed E-state index contributed by atoms with van der Waals surface area (Å²) < 4.78 is 0.176. The molecule has 2 heterocycles. The number of nitrogen functional groups attached to an aromatic ring is 1. The Bertz CT molecular complexity index is 703. The SMILES string of the molecule is CCC(Nc1nc(C)nc(N)n1)c1c([N+](=O)[O-])sc(Cl)c1Cl. The molecule has 3 N–H and O–H groups in total. The van der Waals surface area contributed by atoms with Gasteiger partial charge >= 0.3 is 5.00 Å². The molecular weight excluding hydrogens is 351 g/mol. The standard InChI is InChI=1S/C11H12Cl2N6O2S/c1-3-5(17-11-16-4(2)15-10(14)18-11)6-7(12)8(13)22-9(6)19(20)21/h5H,3H2,1-2H3,(H3,14,15,16,17,18). The molecule has 0 aromatic carbocycles. The molecule has 1 unspecified atom stereocenters. The molecule has 1 atom stereocenters. The maximum atomic E-state index is 11.2. The van der Waals surface area contributed by atoms with Crippen LogP contribution >= 0.6 is 34.5 Å². The van der Waals surface area contributed by atoms with Gasteiger partial charge in [0.1, 0.15) is 10.2 Å². The van der Waals surface area contributed by atoms with Crippen LogP contribution in [0.4, 0.5) is 16.9 Å². The van der Waals surface area contributed by atoms with Crippen LogP contribution in [0.15, 0.2) is 0 Å². The maximum Gasteiger partial charge on any atom is 0.332 e. The lowest BCUT2D eigenvalue weighted by atomic mass is 10.1. The van der Waals surface area contributed by atoms with Gasteiger partial charge in [0.05, 0.1) is 21.6 Å². The number of thiophene rings is 1. The van der Waals surface area contributed by atoms with Gasteiger partial charge in [-0.05, 0) is 24.7 Å². The first kappa shape index (κ1) is 16.7. The largest absolute Gasteiger partial charge is 0.368 e. The smallest absolute Gasteiger partial charge is 0.332 e. The number of nitro groups is 1. The van der Waals surface area contributed by atoms with Gasteiger partial charge in [0.25, 0.3) is 0 Å². The van der Waals surface area contributed by atoms with Gasteiger partial charge in [0.15, 0.2) is 0 Å². The van der Waals surface area contributed by atoms with Gasteiger partial charge in [-0.1, -0.05) is 30.1 Å². The molecule has 0 aliphatic heterocycles. The van der Waals surface area contributed by atoms with Crippen molar-refractivity contribution in [3.63, 3.8) is 0 Å². The first-order valence-electron chi connectivity index (χ1n) is 6.20. The van der Waals surface area contributed by atoms with E-state index >= 15 is 0 Å². The van der Waals surface area contributed by atoms with Crippen molar-refractivity contribution in [3.05, 3.63) is 30.9 Å². The van der Waals surface area contributed by atoms with Gasteiger partial charge in [0, 0.05) is 0 Å². The first-order chi connectivity index (χ1) is 10.3. The van der Waals surface area contributed by atoms with Crippen LogP contribution < -0.4 is 11.1 Å². The van der Waals surface area contributed by atoms with Crippen LogP contribution in [0.2, 0.25) is 9.36 Å². The number of rotatable bonds is 5. The van der Waals surface area contributed by atoms with Crippen LogP contribution in [0.1, 0.15) is 30.8 Å². The normalized spacial score (nSPS) is 12.2. The molecule has 0 saturated carbocycles. The number of nitrogens with one attached hydrogen (secondary N) is 1. The lowest BCUT2D eigenvalue weighted by Crippen LogP contribution is -2.15. The Labute approximate surface area is 139 Å². The third kappa shape index (κ3) is 3.37. The number of hydrogen-bond acceptors (Lipinski definition) is 8. The molecule has 0 saturated heterocycles. The van der Waals surface area contributed by atoms with Crippen LogP contribution in [-0.4, -0.2) is 19.9 Å². The minimum Gasteiger partial charge on any atom is -0.368 e. The fourth-order valence-corrected chi connectivity index (χ4v) is 3.44. The summed E-state index contributed by atoms with van der Waals surface area (Å²) in [5, 5.41) is 14.2. The first-order valence-corrected chi connectivity index (χ1v) is 7.77. The van der Waals surface area contributed by atoms with Crippen molar-refractivity contribution in [3.8, 4) is 0 Å². The summed E-state index contributed by atoms with van der Waals surface area (Å²) in [6.07, 6.45) is 0.512. The monoisotopic (exact) mass is 362 g/mol. The summed E-state index contributed by atoms with van der Waals surface area (Å²) >= 11 is 12.9. The number of halogens is 2. The number of nitrogens with two attached hydrogens (primary N) is 1. The van der Waals surface area contributed by atoms with Crippen LogP contribution in [-0.2, 0) is 0 Å². The number of hydrogen-bond donors (Lipinski definition) is 2. The Balaban J connectivity index is 2.42. The Morgan fingerprint density at radius 3 is 2.64 bits per heavy atom. The van der Waals surface area contributed by atoms with E-state index in [0.29, 0.717) is 17.8 Å². The average molecular weight is 363 g/mol. The highest BCUT2D eigenvalue weighted by Gasteiger charge is 2.30. The summed E-state index contributed by atoms with van der Waals surface area (Å²) in [6.45, 7) is 3.52. The summed E-state index contributed by atoms with van der Waals surface area (Å²) in [6, 6.07) is -0.474. The van der Waals surface area contributed by atoms with E-state index in [1.807, 2.05) is 6.92 Å². The predicted octanol–water partition coefficient (Wildman–Crippen LogP) is 3.60. The molecule has 11 heteroatoms. The zero-order valence-electron chi connectivity index (χ0n) is 11.6. The topological polar surface area (TPSA) is 120 Å². The van der Waals surface area contributed by atoms with Crippen LogP contribution in [0.25, 0.3) is 0 Å². The van der Waals surface area contributed by atoms with Gasteiger partial charge in [-0.3, -0.25) is 10.1 Å². The summed E-state index contributed by atoms with van der Waals surface area (Å²) in [5.74, 6) is 0.729. The fraction of sp³-hybridized carbons (Fsp3) is 0.364. The molecule has 0 spiro atoms. The van der Waals surface area contributed by atoms with Crippen molar-refractivity contribution in [2.75, 3.05) is 11.1 Å². The number of aryl methyl sites for hydroxylation is 1. The maximum absolute atomic E-state index is 11.2. The zero-order chi connectivity index (χ0) is 16.4. The second-order valence-electron chi connectivity index (χ2n) is 4.34. The highest BCUT2D eigenvalue weighted by Crippen LogP contribution is 2.46. The molecule has 0 aliphatic rings. The van der Waals surface area contributed by atoms with E-state index < -0.39 is 11.0 Å². The van der Waals surface area contributed by atoms with E-state index in [0.717, 1.165) is 11.3 Å². The molecule has 2 rings (SSSR count). The van der Waals surface area contributed by atoms with E-state index in [4.69, 9.17) is 28.9 Å². The van der Waals surface area contributed by atoms with E-state index in [-0.39, 0.29) is 26.3 Å². The second kappa shape index (κ2) is 6.59. The van der Waals surface area contributed by atoms with Crippen molar-refractivity contribution in [2.24, 2.45) is 0 Å². The third-order valence-corrected chi connectivity index (χ3v) is 4.78. The number of anilines is 2. The molecule has 118 valence electrons. The summed E-state index contributed by atoms with van der Waals surface area (Å²) in [7, 11) is 0. The van der Waals surface area contributed by atoms with Crippen LogP contribution in [0.5, 0.6) is 0 Å². The Morgan fingerprint density at radius 2 is 2.09 bits per heavy atom. The van der Waals surface area contributed by atoms with Crippen LogP contribution in [0.3, 0.4) is 0 Å². The highest BCUT2D eigenvalue weighted by atomic mass is 35.5. The lowest BCUT2D eigenvalue weighted by molar-refractivity contribution is -0.381. The molecule has 22 heavy (non-hydrogen) atoms. The molecule has 0 amide bonds. The summed E-state index contributed by atoms with van der Waals surface area (Å²) in [4.78, 5) is 22.6. The van der Waals surface area contributed by atoms with Crippen molar-refractivity contribution in [1.29, 1.82) is 0 Å². The molecule has 2 aromatic heterocycles. The quantitative estimate of drug-likeness (QED) is 0.615. The Kier molecular flexibility index (Phi) is 4.99. The second-order valence-corrected chi connectivity index (χ2v) is 6.31. The molecule has 2 aromatic rings. The minimum atomic E-state index is -0.505. The predicted molar refractivity (Wildman–Crippen MR) is 86.6 cm³/mol. The van der Waals surface area contributed by atoms with Gasteiger partial charge < -0.3 is 11.1 Å². The van der Waals surface area contributed by atoms with E-state index in [2.05, 4.69) is 20.3 Å². The van der Waals surface area contributed by atoms with Crippen LogP contribution in [0, 0.1) is 17.0 Å². The van der Waals surface area contributed by atoms with Crippen molar-refractivity contribution in [2.45, 2.75) is 26.3 Å². The molecule has 0 aliphatic carbocycles. The van der Waals surface area contributed by atoms with Crippen molar-refractivity contribution >= 4 is 51.4 Å². The highest BCUT2D eigenvalue weighted by molar-refractivity contribution is 7.20. The zero-order valence-corrected chi connectivity index (χ0v) is 14.0. The van der Waals surface area contributed by atoms with Crippen molar-refractivity contribution < 1.29 is 4.92 Å². The van der Waals surface area contributed by atoms with Gasteiger partial charge in [0.2, 0.25) is 11.9 Å². The fourth-order valence-electron chi connectivity index (χ4n) is 1.92.